The molecule has 0 N–H and O–H groups in total. The minimum atomic E-state index is -3.57. The molecule has 0 unspecified atom stereocenters. The quantitative estimate of drug-likeness (QED) is 0.568. The van der Waals surface area contributed by atoms with Gasteiger partial charge in [0.15, 0.2) is 0 Å². The van der Waals surface area contributed by atoms with E-state index in [1.54, 1.807) is 29.5 Å². The van der Waals surface area contributed by atoms with Crippen LogP contribution in [0.1, 0.15) is 24.4 Å². The molecule has 0 radical (unpaired) electrons. The zero-order valence-corrected chi connectivity index (χ0v) is 16.9. The molecule has 3 rings (SSSR count). The molecule has 0 fully saturated rings. The van der Waals surface area contributed by atoms with E-state index in [1.807, 2.05) is 50.3 Å². The Morgan fingerprint density at radius 2 is 1.85 bits per heavy atom. The summed E-state index contributed by atoms with van der Waals surface area (Å²) in [5, 5.41) is 1.12. The van der Waals surface area contributed by atoms with Gasteiger partial charge in [-0.1, -0.05) is 49.7 Å². The molecule has 0 aliphatic rings. The van der Waals surface area contributed by atoms with Gasteiger partial charge in [-0.05, 0) is 35.9 Å². The van der Waals surface area contributed by atoms with E-state index in [-0.39, 0.29) is 9.92 Å². The zero-order valence-electron chi connectivity index (χ0n) is 14.5. The fourth-order valence-corrected chi connectivity index (χ4v) is 5.52. The van der Waals surface area contributed by atoms with Crippen LogP contribution in [-0.2, 0) is 10.0 Å². The molecule has 0 aliphatic heterocycles. The summed E-state index contributed by atoms with van der Waals surface area (Å²) < 4.78 is 27.8. The van der Waals surface area contributed by atoms with Crippen molar-refractivity contribution in [1.29, 1.82) is 0 Å². The molecule has 2 aromatic carbocycles. The molecular formula is C19H19ClN2O2S2. The highest BCUT2D eigenvalue weighted by Crippen LogP contribution is 2.27. The third-order valence-corrected chi connectivity index (χ3v) is 7.54. The van der Waals surface area contributed by atoms with Crippen LogP contribution in [-0.4, -0.2) is 30.8 Å². The highest BCUT2D eigenvalue weighted by Gasteiger charge is 2.24. The number of rotatable bonds is 6. The molecule has 0 saturated carbocycles. The number of nitrogens with zero attached hydrogens (tertiary/aromatic N) is 2. The van der Waals surface area contributed by atoms with Gasteiger partial charge in [0, 0.05) is 13.1 Å². The molecule has 0 atom stereocenters. The second-order valence-electron chi connectivity index (χ2n) is 5.63. The van der Waals surface area contributed by atoms with Gasteiger partial charge < -0.3 is 0 Å². The third-order valence-electron chi connectivity index (χ3n) is 4.01. The summed E-state index contributed by atoms with van der Waals surface area (Å²) in [5.41, 5.74) is 1.79. The van der Waals surface area contributed by atoms with E-state index in [9.17, 15) is 8.42 Å². The predicted molar refractivity (Wildman–Crippen MR) is 110 cm³/mol. The van der Waals surface area contributed by atoms with Crippen molar-refractivity contribution >= 4 is 55.3 Å². The number of benzene rings is 2. The highest BCUT2D eigenvalue weighted by molar-refractivity contribution is 7.89. The normalized spacial score (nSPS) is 12.5. The Balaban J connectivity index is 1.87. The number of hydrogen-bond donors (Lipinski definition) is 0. The number of para-hydroxylation sites is 1. The molecule has 0 aliphatic carbocycles. The summed E-state index contributed by atoms with van der Waals surface area (Å²) >= 11 is 7.87. The van der Waals surface area contributed by atoms with Crippen molar-refractivity contribution in [3.63, 3.8) is 0 Å². The van der Waals surface area contributed by atoms with Crippen molar-refractivity contribution < 1.29 is 8.42 Å². The van der Waals surface area contributed by atoms with Crippen LogP contribution in [0.4, 0.5) is 0 Å². The largest absolute Gasteiger partial charge is 0.244 e. The Kier molecular flexibility index (Phi) is 5.77. The Bertz CT molecular complexity index is 1020. The van der Waals surface area contributed by atoms with E-state index in [0.717, 1.165) is 20.8 Å². The maximum Gasteiger partial charge on any atom is 0.244 e. The van der Waals surface area contributed by atoms with Gasteiger partial charge in [-0.2, -0.15) is 4.31 Å². The average molecular weight is 407 g/mol. The summed E-state index contributed by atoms with van der Waals surface area (Å²) in [4.78, 5) is 4.69. The van der Waals surface area contributed by atoms with Gasteiger partial charge in [0.05, 0.1) is 15.2 Å². The smallest absolute Gasteiger partial charge is 0.237 e. The van der Waals surface area contributed by atoms with Crippen molar-refractivity contribution in [3.8, 4) is 0 Å². The molecule has 136 valence electrons. The molecule has 0 spiro atoms. The standard InChI is InChI=1S/C19H19ClN2O2S2/c1-3-22(4-2)26(23,24)18-11-9-14(13-15(18)20)10-12-19-21-16-7-5-6-8-17(16)25-19/h5-13H,3-4H2,1-2H3/b12-10+. The molecule has 0 amide bonds. The Hall–Kier alpha value is -1.73. The van der Waals surface area contributed by atoms with Gasteiger partial charge in [0.1, 0.15) is 9.90 Å². The van der Waals surface area contributed by atoms with Crippen LogP contribution in [0.5, 0.6) is 0 Å². The van der Waals surface area contributed by atoms with E-state index >= 15 is 0 Å². The third kappa shape index (κ3) is 3.83. The van der Waals surface area contributed by atoms with Crippen LogP contribution in [0, 0.1) is 0 Å². The monoisotopic (exact) mass is 406 g/mol. The van der Waals surface area contributed by atoms with Gasteiger partial charge in [-0.25, -0.2) is 13.4 Å². The first-order valence-electron chi connectivity index (χ1n) is 8.29. The van der Waals surface area contributed by atoms with Crippen molar-refractivity contribution in [2.75, 3.05) is 13.1 Å². The SMILES string of the molecule is CCN(CC)S(=O)(=O)c1ccc(/C=C/c2nc3ccccc3s2)cc1Cl. The molecule has 7 heteroatoms. The number of halogens is 1. The van der Waals surface area contributed by atoms with Crippen molar-refractivity contribution in [2.45, 2.75) is 18.7 Å². The maximum atomic E-state index is 12.6. The first kappa shape index (κ1) is 19.0. The van der Waals surface area contributed by atoms with Crippen molar-refractivity contribution in [3.05, 3.63) is 58.1 Å². The molecule has 3 aromatic rings. The lowest BCUT2D eigenvalue weighted by Crippen LogP contribution is -2.30. The summed E-state index contributed by atoms with van der Waals surface area (Å²) in [6, 6.07) is 13.0. The fourth-order valence-electron chi connectivity index (χ4n) is 2.66. The average Bonchev–Trinajstić information content (AvgIpc) is 3.03. The maximum absolute atomic E-state index is 12.6. The van der Waals surface area contributed by atoms with Crippen LogP contribution < -0.4 is 0 Å². The van der Waals surface area contributed by atoms with E-state index in [4.69, 9.17) is 11.6 Å². The summed E-state index contributed by atoms with van der Waals surface area (Å²) in [5.74, 6) is 0. The zero-order chi connectivity index (χ0) is 18.7. The van der Waals surface area contributed by atoms with Crippen molar-refractivity contribution in [1.82, 2.24) is 9.29 Å². The van der Waals surface area contributed by atoms with Crippen LogP contribution in [0.3, 0.4) is 0 Å². The lowest BCUT2D eigenvalue weighted by Gasteiger charge is -2.19. The van der Waals surface area contributed by atoms with Gasteiger partial charge in [0.2, 0.25) is 10.0 Å². The predicted octanol–water partition coefficient (Wildman–Crippen LogP) is 5.15. The minimum absolute atomic E-state index is 0.139. The lowest BCUT2D eigenvalue weighted by molar-refractivity contribution is 0.445. The van der Waals surface area contributed by atoms with Gasteiger partial charge in [-0.15, -0.1) is 11.3 Å². The van der Waals surface area contributed by atoms with Crippen LogP contribution in [0.25, 0.3) is 22.4 Å². The molecule has 0 bridgehead atoms. The van der Waals surface area contributed by atoms with Gasteiger partial charge in [0.25, 0.3) is 0 Å². The Labute approximate surface area is 162 Å². The second-order valence-corrected chi connectivity index (χ2v) is 9.01. The molecule has 0 saturated heterocycles. The van der Waals surface area contributed by atoms with Gasteiger partial charge >= 0.3 is 0 Å². The number of sulfonamides is 1. The van der Waals surface area contributed by atoms with E-state index in [1.165, 1.54) is 4.31 Å². The molecule has 1 aromatic heterocycles. The summed E-state index contributed by atoms with van der Waals surface area (Å²) in [6.07, 6.45) is 3.80. The topological polar surface area (TPSA) is 50.3 Å². The fraction of sp³-hybridized carbons (Fsp3) is 0.211. The highest BCUT2D eigenvalue weighted by atomic mass is 35.5. The number of aromatic nitrogens is 1. The molecule has 1 heterocycles. The van der Waals surface area contributed by atoms with E-state index in [0.29, 0.717) is 13.1 Å². The molecule has 4 nitrogen and oxygen atoms in total. The summed E-state index contributed by atoms with van der Waals surface area (Å²) in [6.45, 7) is 4.44. The second kappa shape index (κ2) is 7.88. The van der Waals surface area contributed by atoms with Crippen LogP contribution in [0.15, 0.2) is 47.4 Å². The van der Waals surface area contributed by atoms with E-state index in [2.05, 4.69) is 4.98 Å². The minimum Gasteiger partial charge on any atom is -0.237 e. The molecule has 26 heavy (non-hydrogen) atoms. The number of fused-ring (bicyclic) bond motifs is 1. The first-order valence-corrected chi connectivity index (χ1v) is 10.9. The Morgan fingerprint density at radius 3 is 2.50 bits per heavy atom. The molecular weight excluding hydrogens is 388 g/mol. The summed E-state index contributed by atoms with van der Waals surface area (Å²) in [7, 11) is -3.57. The van der Waals surface area contributed by atoms with E-state index < -0.39 is 10.0 Å². The van der Waals surface area contributed by atoms with Gasteiger partial charge in [-0.3, -0.25) is 0 Å². The van der Waals surface area contributed by atoms with Crippen LogP contribution >= 0.6 is 22.9 Å². The number of hydrogen-bond acceptors (Lipinski definition) is 4. The lowest BCUT2D eigenvalue weighted by atomic mass is 10.2. The first-order chi connectivity index (χ1) is 12.5. The van der Waals surface area contributed by atoms with Crippen molar-refractivity contribution in [2.24, 2.45) is 0 Å². The Morgan fingerprint density at radius 1 is 1.12 bits per heavy atom. The number of thiazole rings is 1. The van der Waals surface area contributed by atoms with Crippen LogP contribution in [0.2, 0.25) is 5.02 Å².